The predicted molar refractivity (Wildman–Crippen MR) is 87.1 cm³/mol. The van der Waals surface area contributed by atoms with Crippen molar-refractivity contribution in [1.82, 2.24) is 4.90 Å². The van der Waals surface area contributed by atoms with Crippen LogP contribution >= 0.6 is 0 Å². The van der Waals surface area contributed by atoms with Gasteiger partial charge in [0.15, 0.2) is 0 Å². The minimum atomic E-state index is -0.455. The van der Waals surface area contributed by atoms with Gasteiger partial charge in [-0.05, 0) is 32.9 Å². The van der Waals surface area contributed by atoms with Gasteiger partial charge in [0, 0.05) is 26.2 Å². The normalized spacial score (nSPS) is 15.6. The number of amides is 1. The second-order valence-electron chi connectivity index (χ2n) is 6.28. The van der Waals surface area contributed by atoms with Crippen LogP contribution in [0.1, 0.15) is 20.8 Å². The topological polar surface area (TPSA) is 54.0 Å². The number of anilines is 2. The van der Waals surface area contributed by atoms with Crippen LogP contribution in [0, 0.1) is 0 Å². The zero-order chi connectivity index (χ0) is 16.2. The Morgan fingerprint density at radius 1 is 1.14 bits per heavy atom. The number of rotatable bonds is 3. The molecule has 1 N–H and O–H groups in total. The van der Waals surface area contributed by atoms with E-state index in [-0.39, 0.29) is 6.09 Å². The van der Waals surface area contributed by atoms with Crippen molar-refractivity contribution in [3.8, 4) is 0 Å². The number of piperazine rings is 1. The van der Waals surface area contributed by atoms with Crippen LogP contribution in [0.25, 0.3) is 0 Å². The number of nitrogens with one attached hydrogen (secondary N) is 1. The van der Waals surface area contributed by atoms with E-state index in [0.717, 1.165) is 24.5 Å². The molecule has 0 spiro atoms. The molecule has 1 aliphatic heterocycles. The maximum atomic E-state index is 12.1. The Hall–Kier alpha value is -1.95. The summed E-state index contributed by atoms with van der Waals surface area (Å²) in [5.74, 6) is 0. The number of carbonyl (C=O) groups is 1. The highest BCUT2D eigenvalue weighted by Crippen LogP contribution is 2.26. The van der Waals surface area contributed by atoms with Crippen molar-refractivity contribution in [3.05, 3.63) is 24.3 Å². The van der Waals surface area contributed by atoms with Crippen molar-refractivity contribution in [3.63, 3.8) is 0 Å². The van der Waals surface area contributed by atoms with Crippen molar-refractivity contribution < 1.29 is 14.4 Å². The Balaban J connectivity index is 1.96. The summed E-state index contributed by atoms with van der Waals surface area (Å²) >= 11 is 0. The minimum Gasteiger partial charge on any atom is -0.444 e. The van der Waals surface area contributed by atoms with Crippen LogP contribution in [-0.4, -0.2) is 49.9 Å². The molecule has 0 unspecified atom stereocenters. The highest BCUT2D eigenvalue weighted by Gasteiger charge is 2.26. The number of nitrogens with zero attached hydrogens (tertiary/aromatic N) is 2. The van der Waals surface area contributed by atoms with E-state index in [0.29, 0.717) is 13.1 Å². The highest BCUT2D eigenvalue weighted by atomic mass is 16.6. The zero-order valence-corrected chi connectivity index (χ0v) is 13.8. The SMILES string of the molecule is CONc1ccccc1N1CCN(C(=O)OC(C)(C)C)CC1. The van der Waals surface area contributed by atoms with Crippen molar-refractivity contribution in [2.75, 3.05) is 43.7 Å². The van der Waals surface area contributed by atoms with Crippen LogP contribution in [0.2, 0.25) is 0 Å². The van der Waals surface area contributed by atoms with Gasteiger partial charge in [0.1, 0.15) is 5.60 Å². The third-order valence-electron chi connectivity index (χ3n) is 3.39. The summed E-state index contributed by atoms with van der Waals surface area (Å²) in [6.07, 6.45) is -0.240. The monoisotopic (exact) mass is 307 g/mol. The van der Waals surface area contributed by atoms with Gasteiger partial charge in [0.05, 0.1) is 18.5 Å². The van der Waals surface area contributed by atoms with Gasteiger partial charge >= 0.3 is 6.09 Å². The molecule has 6 heteroatoms. The largest absolute Gasteiger partial charge is 0.444 e. The molecule has 0 aliphatic carbocycles. The summed E-state index contributed by atoms with van der Waals surface area (Å²) in [6, 6.07) is 7.97. The van der Waals surface area contributed by atoms with Gasteiger partial charge in [-0.25, -0.2) is 4.79 Å². The Labute approximate surface area is 131 Å². The molecule has 0 saturated carbocycles. The molecule has 0 atom stereocenters. The fraction of sp³-hybridized carbons (Fsp3) is 0.562. The molecule has 0 aromatic heterocycles. The predicted octanol–water partition coefficient (Wildman–Crippen LogP) is 2.72. The maximum Gasteiger partial charge on any atom is 0.410 e. The fourth-order valence-corrected chi connectivity index (χ4v) is 2.40. The Morgan fingerprint density at radius 3 is 2.36 bits per heavy atom. The molecule has 1 amide bonds. The summed E-state index contributed by atoms with van der Waals surface area (Å²) in [5, 5.41) is 0. The Bertz CT molecular complexity index is 506. The van der Waals surface area contributed by atoms with E-state index in [2.05, 4.69) is 10.4 Å². The molecule has 1 aromatic carbocycles. The lowest BCUT2D eigenvalue weighted by molar-refractivity contribution is 0.0240. The smallest absolute Gasteiger partial charge is 0.410 e. The molecular formula is C16H25N3O3. The van der Waals surface area contributed by atoms with Gasteiger partial charge in [0.25, 0.3) is 0 Å². The van der Waals surface area contributed by atoms with E-state index in [1.54, 1.807) is 12.0 Å². The molecule has 0 radical (unpaired) electrons. The first kappa shape index (κ1) is 16.4. The number of hydrogen-bond acceptors (Lipinski definition) is 5. The standard InChI is InChI=1S/C16H25N3O3/c1-16(2,3)22-15(20)19-11-9-18(10-12-19)14-8-6-5-7-13(14)17-21-4/h5-8,17H,9-12H2,1-4H3. The molecule has 122 valence electrons. The first-order valence-corrected chi connectivity index (χ1v) is 7.51. The van der Waals surface area contributed by atoms with Gasteiger partial charge < -0.3 is 14.5 Å². The second-order valence-corrected chi connectivity index (χ2v) is 6.28. The Kier molecular flexibility index (Phi) is 5.13. The van der Waals surface area contributed by atoms with Crippen LogP contribution in [0.5, 0.6) is 0 Å². The van der Waals surface area contributed by atoms with E-state index >= 15 is 0 Å². The molecule has 0 bridgehead atoms. The van der Waals surface area contributed by atoms with E-state index in [9.17, 15) is 4.79 Å². The van der Waals surface area contributed by atoms with E-state index in [4.69, 9.17) is 9.57 Å². The minimum absolute atomic E-state index is 0.240. The van der Waals surface area contributed by atoms with Crippen molar-refractivity contribution in [1.29, 1.82) is 0 Å². The summed E-state index contributed by atoms with van der Waals surface area (Å²) in [5.41, 5.74) is 4.44. The second kappa shape index (κ2) is 6.87. The van der Waals surface area contributed by atoms with Gasteiger partial charge in [-0.1, -0.05) is 12.1 Å². The first-order chi connectivity index (χ1) is 10.4. The molecule has 1 aliphatic rings. The number of benzene rings is 1. The summed E-state index contributed by atoms with van der Waals surface area (Å²) in [4.78, 5) is 21.1. The molecule has 22 heavy (non-hydrogen) atoms. The summed E-state index contributed by atoms with van der Waals surface area (Å²) in [6.45, 7) is 8.48. The van der Waals surface area contributed by atoms with Gasteiger partial charge in [-0.2, -0.15) is 0 Å². The quantitative estimate of drug-likeness (QED) is 0.870. The average molecular weight is 307 g/mol. The van der Waals surface area contributed by atoms with E-state index < -0.39 is 5.60 Å². The molecule has 1 aromatic rings. The van der Waals surface area contributed by atoms with E-state index in [1.807, 2.05) is 45.0 Å². The fourth-order valence-electron chi connectivity index (χ4n) is 2.40. The third kappa shape index (κ3) is 4.27. The zero-order valence-electron chi connectivity index (χ0n) is 13.8. The van der Waals surface area contributed by atoms with E-state index in [1.165, 1.54) is 0 Å². The molecule has 2 rings (SSSR count). The molecule has 1 fully saturated rings. The van der Waals surface area contributed by atoms with Crippen LogP contribution in [0.4, 0.5) is 16.2 Å². The van der Waals surface area contributed by atoms with Crippen LogP contribution in [0.3, 0.4) is 0 Å². The number of hydrogen-bond donors (Lipinski definition) is 1. The molecule has 1 heterocycles. The Morgan fingerprint density at radius 2 is 1.77 bits per heavy atom. The van der Waals surface area contributed by atoms with Crippen molar-refractivity contribution in [2.45, 2.75) is 26.4 Å². The lowest BCUT2D eigenvalue weighted by atomic mass is 10.2. The van der Waals surface area contributed by atoms with Gasteiger partial charge in [-0.15, -0.1) is 0 Å². The van der Waals surface area contributed by atoms with Crippen LogP contribution < -0.4 is 10.4 Å². The van der Waals surface area contributed by atoms with Gasteiger partial charge in [-0.3, -0.25) is 10.3 Å². The summed E-state index contributed by atoms with van der Waals surface area (Å²) in [7, 11) is 1.59. The highest BCUT2D eigenvalue weighted by molar-refractivity contribution is 5.71. The first-order valence-electron chi connectivity index (χ1n) is 7.51. The number of ether oxygens (including phenoxy) is 1. The molecule has 1 saturated heterocycles. The third-order valence-corrected chi connectivity index (χ3v) is 3.39. The van der Waals surface area contributed by atoms with Crippen molar-refractivity contribution >= 4 is 17.5 Å². The van der Waals surface area contributed by atoms with Crippen LogP contribution in [0.15, 0.2) is 24.3 Å². The lowest BCUT2D eigenvalue weighted by Gasteiger charge is -2.37. The average Bonchev–Trinajstić information content (AvgIpc) is 2.47. The summed E-state index contributed by atoms with van der Waals surface area (Å²) < 4.78 is 5.42. The lowest BCUT2D eigenvalue weighted by Crippen LogP contribution is -2.50. The maximum absolute atomic E-state index is 12.1. The van der Waals surface area contributed by atoms with Crippen molar-refractivity contribution in [2.24, 2.45) is 0 Å². The van der Waals surface area contributed by atoms with Gasteiger partial charge in [0.2, 0.25) is 0 Å². The number of para-hydroxylation sites is 2. The molecule has 6 nitrogen and oxygen atoms in total. The van der Waals surface area contributed by atoms with Crippen LogP contribution in [-0.2, 0) is 9.57 Å². The number of carbonyl (C=O) groups excluding carboxylic acids is 1. The molecular weight excluding hydrogens is 282 g/mol.